The first kappa shape index (κ1) is 27.2. The summed E-state index contributed by atoms with van der Waals surface area (Å²) in [5.41, 5.74) is 10.7. The third kappa shape index (κ3) is 6.27. The van der Waals surface area contributed by atoms with Crippen molar-refractivity contribution in [2.75, 3.05) is 13.1 Å². The number of benzene rings is 4. The molecule has 2 amide bonds. The van der Waals surface area contributed by atoms with Crippen LogP contribution in [0.1, 0.15) is 55.4 Å². The van der Waals surface area contributed by atoms with Gasteiger partial charge in [0.1, 0.15) is 12.5 Å². The number of nitrogens with zero attached hydrogens (tertiary/aromatic N) is 2. The summed E-state index contributed by atoms with van der Waals surface area (Å²) in [6, 6.07) is 33.5. The average molecular weight is 537 g/mol. The van der Waals surface area contributed by atoms with Gasteiger partial charge in [-0.15, -0.1) is 0 Å². The van der Waals surface area contributed by atoms with Crippen molar-refractivity contribution in [2.24, 2.45) is 0 Å². The van der Waals surface area contributed by atoms with Crippen LogP contribution < -0.4 is 10.9 Å². The van der Waals surface area contributed by atoms with Crippen molar-refractivity contribution >= 4 is 11.8 Å². The van der Waals surface area contributed by atoms with Crippen LogP contribution in [-0.2, 0) is 12.8 Å². The quantitative estimate of drug-likeness (QED) is 0.317. The van der Waals surface area contributed by atoms with Crippen LogP contribution in [0.15, 0.2) is 109 Å². The molecule has 2 atom stereocenters. The lowest BCUT2D eigenvalue weighted by atomic mass is 9.99. The summed E-state index contributed by atoms with van der Waals surface area (Å²) in [4.78, 5) is 24.2. The summed E-state index contributed by atoms with van der Waals surface area (Å²) in [6.07, 6.45) is 0.0187. The van der Waals surface area contributed by atoms with Gasteiger partial charge in [-0.1, -0.05) is 84.9 Å². The van der Waals surface area contributed by atoms with E-state index < -0.39 is 12.5 Å². The Balaban J connectivity index is 0.000000161. The standard InChI is InChI=1S/2C16H16N2O2/c2*19-15(13-7-2-1-3-8-13)17-18-11-10-12-6-4-5-9-14(12)16(18)20/h2*1-9,16,20H,10-11H2,(H,17,19)/t2*16-/m00/s1. The lowest BCUT2D eigenvalue weighted by Gasteiger charge is -2.33. The van der Waals surface area contributed by atoms with Crippen LogP contribution in [0.25, 0.3) is 0 Å². The summed E-state index contributed by atoms with van der Waals surface area (Å²) in [5, 5.41) is 23.8. The fourth-order valence-electron chi connectivity index (χ4n) is 4.89. The van der Waals surface area contributed by atoms with E-state index in [1.165, 1.54) is 0 Å². The molecule has 40 heavy (non-hydrogen) atoms. The highest BCUT2D eigenvalue weighted by Crippen LogP contribution is 2.27. The van der Waals surface area contributed by atoms with Gasteiger partial charge in [-0.05, 0) is 48.2 Å². The molecule has 0 radical (unpaired) electrons. The van der Waals surface area contributed by atoms with Gasteiger partial charge in [0.05, 0.1) is 0 Å². The first-order valence-electron chi connectivity index (χ1n) is 13.3. The molecule has 2 aliphatic rings. The zero-order valence-corrected chi connectivity index (χ0v) is 22.0. The van der Waals surface area contributed by atoms with E-state index in [-0.39, 0.29) is 11.8 Å². The molecule has 0 aliphatic carbocycles. The number of aliphatic hydroxyl groups excluding tert-OH is 2. The van der Waals surface area contributed by atoms with Crippen LogP contribution in [0.5, 0.6) is 0 Å². The van der Waals surface area contributed by atoms with Crippen LogP contribution >= 0.6 is 0 Å². The first-order chi connectivity index (χ1) is 19.5. The maximum absolute atomic E-state index is 12.1. The number of aliphatic hydroxyl groups is 2. The number of nitrogens with one attached hydrogen (secondary N) is 2. The van der Waals surface area contributed by atoms with Gasteiger partial charge >= 0.3 is 0 Å². The predicted octanol–water partition coefficient (Wildman–Crippen LogP) is 3.76. The Bertz CT molecular complexity index is 1340. The second-order valence-corrected chi connectivity index (χ2v) is 9.65. The number of carbonyl (C=O) groups is 2. The van der Waals surface area contributed by atoms with Crippen molar-refractivity contribution in [3.05, 3.63) is 143 Å². The Morgan fingerprint density at radius 1 is 0.550 bits per heavy atom. The average Bonchev–Trinajstić information content (AvgIpc) is 3.01. The molecule has 0 spiro atoms. The molecular formula is C32H32N4O4. The maximum Gasteiger partial charge on any atom is 0.265 e. The molecule has 0 saturated heterocycles. The molecule has 0 fully saturated rings. The van der Waals surface area contributed by atoms with E-state index in [0.717, 1.165) is 35.1 Å². The monoisotopic (exact) mass is 536 g/mol. The number of hydrogen-bond donors (Lipinski definition) is 4. The highest BCUT2D eigenvalue weighted by molar-refractivity contribution is 5.94. The molecule has 0 unspecified atom stereocenters. The molecule has 4 aromatic rings. The van der Waals surface area contributed by atoms with E-state index in [1.807, 2.05) is 84.9 Å². The topological polar surface area (TPSA) is 105 Å². The minimum atomic E-state index is -0.799. The van der Waals surface area contributed by atoms with E-state index >= 15 is 0 Å². The Hall–Kier alpha value is -4.34. The second-order valence-electron chi connectivity index (χ2n) is 9.65. The predicted molar refractivity (Wildman–Crippen MR) is 151 cm³/mol. The molecule has 8 heteroatoms. The van der Waals surface area contributed by atoms with Crippen LogP contribution in [0.2, 0.25) is 0 Å². The van der Waals surface area contributed by atoms with Gasteiger partial charge in [0, 0.05) is 35.3 Å². The Morgan fingerprint density at radius 3 is 1.30 bits per heavy atom. The number of hydrazine groups is 2. The van der Waals surface area contributed by atoms with Crippen molar-refractivity contribution in [1.29, 1.82) is 0 Å². The van der Waals surface area contributed by atoms with E-state index in [0.29, 0.717) is 24.2 Å². The van der Waals surface area contributed by atoms with Crippen molar-refractivity contribution in [3.63, 3.8) is 0 Å². The molecule has 0 saturated carbocycles. The second kappa shape index (κ2) is 12.7. The number of amides is 2. The fourth-order valence-corrected chi connectivity index (χ4v) is 4.89. The van der Waals surface area contributed by atoms with Crippen molar-refractivity contribution < 1.29 is 19.8 Å². The highest BCUT2D eigenvalue weighted by Gasteiger charge is 2.27. The summed E-state index contributed by atoms with van der Waals surface area (Å²) >= 11 is 0. The lowest BCUT2D eigenvalue weighted by Crippen LogP contribution is -2.47. The molecule has 204 valence electrons. The summed E-state index contributed by atoms with van der Waals surface area (Å²) in [7, 11) is 0. The molecule has 6 rings (SSSR count). The van der Waals surface area contributed by atoms with Crippen molar-refractivity contribution in [3.8, 4) is 0 Å². The minimum Gasteiger partial charge on any atom is -0.372 e. The summed E-state index contributed by atoms with van der Waals surface area (Å²) in [5.74, 6) is -0.409. The zero-order valence-electron chi connectivity index (χ0n) is 22.0. The van der Waals surface area contributed by atoms with Crippen molar-refractivity contribution in [2.45, 2.75) is 25.3 Å². The van der Waals surface area contributed by atoms with Gasteiger partial charge < -0.3 is 10.2 Å². The summed E-state index contributed by atoms with van der Waals surface area (Å²) in [6.45, 7) is 1.19. The molecule has 8 nitrogen and oxygen atoms in total. The normalized spacial score (nSPS) is 18.4. The van der Waals surface area contributed by atoms with Crippen LogP contribution in [0.3, 0.4) is 0 Å². The Labute approximate surface area is 233 Å². The minimum absolute atomic E-state index is 0.205. The number of fused-ring (bicyclic) bond motifs is 2. The van der Waals surface area contributed by atoms with Crippen molar-refractivity contribution in [1.82, 2.24) is 20.9 Å². The maximum atomic E-state index is 12.1. The molecule has 4 N–H and O–H groups in total. The zero-order chi connectivity index (χ0) is 27.9. The Kier molecular flexibility index (Phi) is 8.63. The molecule has 4 aromatic carbocycles. The molecule has 2 aliphatic heterocycles. The third-order valence-electron chi connectivity index (χ3n) is 7.06. The smallest absolute Gasteiger partial charge is 0.265 e. The number of rotatable bonds is 4. The lowest BCUT2D eigenvalue weighted by molar-refractivity contribution is -0.0362. The van der Waals surface area contributed by atoms with Gasteiger partial charge in [-0.3, -0.25) is 20.4 Å². The fraction of sp³-hybridized carbons (Fsp3) is 0.188. The molecule has 2 heterocycles. The highest BCUT2D eigenvalue weighted by atomic mass is 16.3. The van der Waals surface area contributed by atoms with Gasteiger partial charge in [0.2, 0.25) is 0 Å². The molecule has 0 bridgehead atoms. The first-order valence-corrected chi connectivity index (χ1v) is 13.3. The molecular weight excluding hydrogens is 504 g/mol. The molecule has 0 aromatic heterocycles. The number of hydrogen-bond acceptors (Lipinski definition) is 6. The van der Waals surface area contributed by atoms with Gasteiger partial charge in [0.15, 0.2) is 0 Å². The number of carbonyl (C=O) groups excluding carboxylic acids is 2. The van der Waals surface area contributed by atoms with E-state index in [9.17, 15) is 19.8 Å². The third-order valence-corrected chi connectivity index (χ3v) is 7.06. The van der Waals surface area contributed by atoms with Crippen LogP contribution in [-0.4, -0.2) is 45.1 Å². The Morgan fingerprint density at radius 2 is 0.900 bits per heavy atom. The summed E-state index contributed by atoms with van der Waals surface area (Å²) < 4.78 is 0. The van der Waals surface area contributed by atoms with E-state index in [1.54, 1.807) is 34.3 Å². The van der Waals surface area contributed by atoms with Crippen LogP contribution in [0, 0.1) is 0 Å². The largest absolute Gasteiger partial charge is 0.372 e. The van der Waals surface area contributed by atoms with E-state index in [4.69, 9.17) is 0 Å². The van der Waals surface area contributed by atoms with Gasteiger partial charge in [-0.25, -0.2) is 0 Å². The van der Waals surface area contributed by atoms with E-state index in [2.05, 4.69) is 10.9 Å². The van der Waals surface area contributed by atoms with Crippen LogP contribution in [0.4, 0.5) is 0 Å². The van der Waals surface area contributed by atoms with Gasteiger partial charge in [0.25, 0.3) is 11.8 Å². The SMILES string of the molecule is O=C(NN1CCc2ccccc2[C@@H]1O)c1ccccc1.O=C(NN1CCc2ccccc2[C@@H]1O)c1ccccc1. The van der Waals surface area contributed by atoms with Gasteiger partial charge in [-0.2, -0.15) is 10.0 Å².